The highest BCUT2D eigenvalue weighted by atomic mass is 15.2. The van der Waals surface area contributed by atoms with E-state index in [1.807, 2.05) is 0 Å². The molecule has 0 amide bonds. The van der Waals surface area contributed by atoms with Crippen molar-refractivity contribution in [2.75, 3.05) is 45.7 Å². The minimum Gasteiger partial charge on any atom is -0.359 e. The van der Waals surface area contributed by atoms with Gasteiger partial charge in [-0.25, -0.2) is 4.98 Å². The van der Waals surface area contributed by atoms with E-state index in [1.54, 1.807) is 0 Å². The maximum atomic E-state index is 4.78. The maximum Gasteiger partial charge on any atom is 0.133 e. The Labute approximate surface area is 130 Å². The standard InChI is InChI=1S/C17H32N4/c1-7-9-18-13-16-14(2)12-15(3)19-17(16)21(6)11-8-10-20(4)5/h12,18H,7-11,13H2,1-6H3. The van der Waals surface area contributed by atoms with Gasteiger partial charge in [0.05, 0.1) is 0 Å². The van der Waals surface area contributed by atoms with E-state index in [1.165, 1.54) is 11.1 Å². The number of nitrogens with one attached hydrogen (secondary N) is 1. The van der Waals surface area contributed by atoms with Crippen molar-refractivity contribution in [3.63, 3.8) is 0 Å². The molecule has 0 saturated heterocycles. The van der Waals surface area contributed by atoms with Crippen LogP contribution in [0.5, 0.6) is 0 Å². The molecule has 0 spiro atoms. The Hall–Kier alpha value is -1.13. The summed E-state index contributed by atoms with van der Waals surface area (Å²) in [7, 11) is 6.39. The fourth-order valence-corrected chi connectivity index (χ4v) is 2.50. The molecule has 0 aromatic carbocycles. The van der Waals surface area contributed by atoms with Crippen LogP contribution in [-0.4, -0.2) is 50.7 Å². The summed E-state index contributed by atoms with van der Waals surface area (Å²) in [6.45, 7) is 10.6. The second kappa shape index (κ2) is 9.00. The van der Waals surface area contributed by atoms with Gasteiger partial charge in [-0.2, -0.15) is 0 Å². The summed E-state index contributed by atoms with van der Waals surface area (Å²) in [5.74, 6) is 1.13. The minimum absolute atomic E-state index is 0.903. The Morgan fingerprint density at radius 2 is 1.86 bits per heavy atom. The largest absolute Gasteiger partial charge is 0.359 e. The summed E-state index contributed by atoms with van der Waals surface area (Å²) < 4.78 is 0. The van der Waals surface area contributed by atoms with Crippen molar-refractivity contribution in [1.29, 1.82) is 0 Å². The molecule has 1 aromatic heterocycles. The van der Waals surface area contributed by atoms with Crippen LogP contribution in [0.15, 0.2) is 6.07 Å². The molecule has 1 rings (SSSR count). The Kier molecular flexibility index (Phi) is 7.68. The van der Waals surface area contributed by atoms with E-state index in [0.717, 1.165) is 50.5 Å². The van der Waals surface area contributed by atoms with Gasteiger partial charge in [0, 0.05) is 31.4 Å². The summed E-state index contributed by atoms with van der Waals surface area (Å²) in [6, 6.07) is 2.18. The number of nitrogens with zero attached hydrogens (tertiary/aromatic N) is 3. The number of rotatable bonds is 9. The van der Waals surface area contributed by atoms with Gasteiger partial charge in [0.25, 0.3) is 0 Å². The summed E-state index contributed by atoms with van der Waals surface area (Å²) >= 11 is 0. The molecule has 1 N–H and O–H groups in total. The fraction of sp³-hybridized carbons (Fsp3) is 0.706. The second-order valence-electron chi connectivity index (χ2n) is 6.14. The van der Waals surface area contributed by atoms with Crippen molar-refractivity contribution < 1.29 is 0 Å². The maximum absolute atomic E-state index is 4.78. The van der Waals surface area contributed by atoms with Crippen molar-refractivity contribution in [1.82, 2.24) is 15.2 Å². The van der Waals surface area contributed by atoms with E-state index >= 15 is 0 Å². The lowest BCUT2D eigenvalue weighted by molar-refractivity contribution is 0.401. The number of pyridine rings is 1. The normalized spacial score (nSPS) is 11.2. The monoisotopic (exact) mass is 292 g/mol. The molecular formula is C17H32N4. The SMILES string of the molecule is CCCNCc1c(C)cc(C)nc1N(C)CCCN(C)C. The van der Waals surface area contributed by atoms with Gasteiger partial charge in [-0.1, -0.05) is 6.92 Å². The molecule has 0 bridgehead atoms. The predicted molar refractivity (Wildman–Crippen MR) is 92.1 cm³/mol. The lowest BCUT2D eigenvalue weighted by atomic mass is 10.1. The van der Waals surface area contributed by atoms with E-state index in [9.17, 15) is 0 Å². The van der Waals surface area contributed by atoms with Gasteiger partial charge in [-0.05, 0) is 65.5 Å². The minimum atomic E-state index is 0.903. The van der Waals surface area contributed by atoms with Gasteiger partial charge in [-0.3, -0.25) is 0 Å². The summed E-state index contributed by atoms with van der Waals surface area (Å²) in [5.41, 5.74) is 3.77. The zero-order valence-corrected chi connectivity index (χ0v) is 14.7. The molecule has 0 unspecified atom stereocenters. The van der Waals surface area contributed by atoms with E-state index in [2.05, 4.69) is 63.1 Å². The van der Waals surface area contributed by atoms with E-state index in [-0.39, 0.29) is 0 Å². The van der Waals surface area contributed by atoms with Gasteiger partial charge in [0.1, 0.15) is 5.82 Å². The zero-order valence-electron chi connectivity index (χ0n) is 14.7. The van der Waals surface area contributed by atoms with Crippen molar-refractivity contribution in [3.8, 4) is 0 Å². The van der Waals surface area contributed by atoms with E-state index < -0.39 is 0 Å². The number of hydrogen-bond donors (Lipinski definition) is 1. The van der Waals surface area contributed by atoms with Gasteiger partial charge in [-0.15, -0.1) is 0 Å². The van der Waals surface area contributed by atoms with Crippen LogP contribution in [0.3, 0.4) is 0 Å². The molecule has 0 fully saturated rings. The zero-order chi connectivity index (χ0) is 15.8. The molecule has 4 heteroatoms. The molecule has 0 radical (unpaired) electrons. The predicted octanol–water partition coefficient (Wildman–Crippen LogP) is 2.59. The molecule has 1 aromatic rings. The number of anilines is 1. The lowest BCUT2D eigenvalue weighted by Crippen LogP contribution is -2.27. The van der Waals surface area contributed by atoms with Crippen LogP contribution in [0, 0.1) is 13.8 Å². The molecule has 120 valence electrons. The summed E-state index contributed by atoms with van der Waals surface area (Å²) in [5, 5.41) is 3.51. The van der Waals surface area contributed by atoms with Crippen LogP contribution in [0.25, 0.3) is 0 Å². The molecule has 4 nitrogen and oxygen atoms in total. The van der Waals surface area contributed by atoms with Gasteiger partial charge in [0.15, 0.2) is 0 Å². The van der Waals surface area contributed by atoms with Crippen LogP contribution >= 0.6 is 0 Å². The molecule has 21 heavy (non-hydrogen) atoms. The molecule has 0 saturated carbocycles. The number of hydrogen-bond acceptors (Lipinski definition) is 4. The van der Waals surface area contributed by atoms with Gasteiger partial charge in [0.2, 0.25) is 0 Å². The quantitative estimate of drug-likeness (QED) is 0.709. The molecular weight excluding hydrogens is 260 g/mol. The first-order valence-corrected chi connectivity index (χ1v) is 7.99. The highest BCUT2D eigenvalue weighted by molar-refractivity contribution is 5.51. The van der Waals surface area contributed by atoms with Crippen molar-refractivity contribution >= 4 is 5.82 Å². The first kappa shape index (κ1) is 17.9. The van der Waals surface area contributed by atoms with Crippen LogP contribution in [0.1, 0.15) is 36.6 Å². The summed E-state index contributed by atoms with van der Waals surface area (Å²) in [6.07, 6.45) is 2.31. The van der Waals surface area contributed by atoms with E-state index in [4.69, 9.17) is 4.98 Å². The molecule has 0 aliphatic heterocycles. The summed E-state index contributed by atoms with van der Waals surface area (Å²) in [4.78, 5) is 9.31. The van der Waals surface area contributed by atoms with Gasteiger partial charge < -0.3 is 15.1 Å². The van der Waals surface area contributed by atoms with E-state index in [0.29, 0.717) is 0 Å². The van der Waals surface area contributed by atoms with Crippen LogP contribution < -0.4 is 10.2 Å². The molecule has 0 atom stereocenters. The fourth-order valence-electron chi connectivity index (χ4n) is 2.50. The van der Waals surface area contributed by atoms with Gasteiger partial charge >= 0.3 is 0 Å². The average Bonchev–Trinajstić information content (AvgIpc) is 2.40. The number of aryl methyl sites for hydroxylation is 2. The average molecular weight is 292 g/mol. The smallest absolute Gasteiger partial charge is 0.133 e. The van der Waals surface area contributed by atoms with Crippen LogP contribution in [-0.2, 0) is 6.54 Å². The Morgan fingerprint density at radius 1 is 1.14 bits per heavy atom. The van der Waals surface area contributed by atoms with Crippen molar-refractivity contribution in [3.05, 3.63) is 22.9 Å². The van der Waals surface area contributed by atoms with Crippen LogP contribution in [0.2, 0.25) is 0 Å². The second-order valence-corrected chi connectivity index (χ2v) is 6.14. The molecule has 1 heterocycles. The number of aromatic nitrogens is 1. The third kappa shape index (κ3) is 6.02. The Morgan fingerprint density at radius 3 is 2.48 bits per heavy atom. The highest BCUT2D eigenvalue weighted by Crippen LogP contribution is 2.22. The topological polar surface area (TPSA) is 31.4 Å². The van der Waals surface area contributed by atoms with Crippen molar-refractivity contribution in [2.24, 2.45) is 0 Å². The third-order valence-corrected chi connectivity index (χ3v) is 3.64. The molecule has 0 aliphatic rings. The van der Waals surface area contributed by atoms with Crippen molar-refractivity contribution in [2.45, 2.75) is 40.2 Å². The first-order chi connectivity index (χ1) is 9.95. The lowest BCUT2D eigenvalue weighted by Gasteiger charge is -2.24. The Bertz CT molecular complexity index is 429. The highest BCUT2D eigenvalue weighted by Gasteiger charge is 2.12. The van der Waals surface area contributed by atoms with Crippen LogP contribution in [0.4, 0.5) is 5.82 Å². The Balaban J connectivity index is 2.81. The molecule has 0 aliphatic carbocycles. The first-order valence-electron chi connectivity index (χ1n) is 7.99. The third-order valence-electron chi connectivity index (χ3n) is 3.64.